The van der Waals surface area contributed by atoms with Gasteiger partial charge in [-0.25, -0.2) is 9.48 Å². The van der Waals surface area contributed by atoms with Crippen LogP contribution in [0.5, 0.6) is 0 Å². The summed E-state index contributed by atoms with van der Waals surface area (Å²) in [5.41, 5.74) is 1.08. The van der Waals surface area contributed by atoms with E-state index in [-0.39, 0.29) is 12.3 Å². The summed E-state index contributed by atoms with van der Waals surface area (Å²) in [7, 11) is 0. The van der Waals surface area contributed by atoms with E-state index in [1.54, 1.807) is 29.2 Å². The average Bonchev–Trinajstić information content (AvgIpc) is 2.88. The Balaban J connectivity index is 2.26. The number of aliphatic hydroxyl groups excluding tert-OH is 1. The smallest absolute Gasteiger partial charge is 0.358 e. The molecule has 7 nitrogen and oxygen atoms in total. The van der Waals surface area contributed by atoms with Crippen molar-refractivity contribution >= 4 is 5.97 Å². The van der Waals surface area contributed by atoms with Crippen molar-refractivity contribution in [2.75, 3.05) is 6.61 Å². The summed E-state index contributed by atoms with van der Waals surface area (Å²) in [6.45, 7) is 0.720. The Morgan fingerprint density at radius 1 is 1.30 bits per heavy atom. The number of aromatic carboxylic acids is 1. The molecule has 2 heterocycles. The zero-order valence-corrected chi connectivity index (χ0v) is 10.9. The number of unbranched alkanes of at least 4 members (excludes halogenated alkanes) is 2. The van der Waals surface area contributed by atoms with Gasteiger partial charge in [0.05, 0.1) is 0 Å². The summed E-state index contributed by atoms with van der Waals surface area (Å²) in [6.07, 6.45) is 5.60. The molecular weight excluding hydrogens is 260 g/mol. The monoisotopic (exact) mass is 276 g/mol. The fourth-order valence-electron chi connectivity index (χ4n) is 1.95. The number of carboxylic acid groups (broad SMARTS) is 1. The summed E-state index contributed by atoms with van der Waals surface area (Å²) in [5, 5.41) is 25.6. The second kappa shape index (κ2) is 6.76. The lowest BCUT2D eigenvalue weighted by Gasteiger charge is -2.06. The van der Waals surface area contributed by atoms with Gasteiger partial charge in [-0.05, 0) is 31.4 Å². The Kier molecular flexibility index (Phi) is 4.78. The highest BCUT2D eigenvalue weighted by molar-refractivity contribution is 5.92. The SMILES string of the molecule is O=C(O)c1nnn(CCCCCO)c1-c1cccnc1. The number of aromatic nitrogens is 4. The van der Waals surface area contributed by atoms with Gasteiger partial charge in [-0.1, -0.05) is 5.21 Å². The average molecular weight is 276 g/mol. The summed E-state index contributed by atoms with van der Waals surface area (Å²) in [6, 6.07) is 3.52. The first-order valence-corrected chi connectivity index (χ1v) is 6.42. The fourth-order valence-corrected chi connectivity index (χ4v) is 1.95. The Morgan fingerprint density at radius 2 is 2.15 bits per heavy atom. The fraction of sp³-hybridized carbons (Fsp3) is 0.385. The maximum absolute atomic E-state index is 11.2. The third-order valence-corrected chi connectivity index (χ3v) is 2.90. The van der Waals surface area contributed by atoms with Gasteiger partial charge in [0.1, 0.15) is 5.69 Å². The normalized spacial score (nSPS) is 10.7. The van der Waals surface area contributed by atoms with Crippen LogP contribution in [-0.4, -0.2) is 42.8 Å². The standard InChI is InChI=1S/C13H16N4O3/c18-8-3-1-2-7-17-12(10-5-4-6-14-9-10)11(13(19)20)15-16-17/h4-6,9,18H,1-3,7-8H2,(H,19,20). The van der Waals surface area contributed by atoms with Crippen LogP contribution in [-0.2, 0) is 6.54 Å². The van der Waals surface area contributed by atoms with E-state index in [0.717, 1.165) is 19.3 Å². The molecule has 7 heteroatoms. The quantitative estimate of drug-likeness (QED) is 0.737. The largest absolute Gasteiger partial charge is 0.476 e. The van der Waals surface area contributed by atoms with Gasteiger partial charge in [0.25, 0.3) is 0 Å². The summed E-state index contributed by atoms with van der Waals surface area (Å²) in [4.78, 5) is 15.2. The van der Waals surface area contributed by atoms with Crippen LogP contribution in [0, 0.1) is 0 Å². The molecule has 0 saturated carbocycles. The molecule has 0 aliphatic heterocycles. The van der Waals surface area contributed by atoms with E-state index in [1.807, 2.05) is 0 Å². The van der Waals surface area contributed by atoms with Gasteiger partial charge in [0.15, 0.2) is 5.69 Å². The van der Waals surface area contributed by atoms with Crippen LogP contribution in [0.3, 0.4) is 0 Å². The molecule has 0 spiro atoms. The Bertz CT molecular complexity index is 568. The van der Waals surface area contributed by atoms with Crippen molar-refractivity contribution < 1.29 is 15.0 Å². The van der Waals surface area contributed by atoms with Crippen LogP contribution in [0.25, 0.3) is 11.3 Å². The number of hydrogen-bond acceptors (Lipinski definition) is 5. The maximum atomic E-state index is 11.2. The molecule has 2 rings (SSSR count). The van der Waals surface area contributed by atoms with E-state index in [9.17, 15) is 9.90 Å². The molecule has 0 aromatic carbocycles. The molecule has 0 amide bonds. The van der Waals surface area contributed by atoms with Crippen LogP contribution >= 0.6 is 0 Å². The lowest BCUT2D eigenvalue weighted by Crippen LogP contribution is -2.05. The van der Waals surface area contributed by atoms with Gasteiger partial charge >= 0.3 is 5.97 Å². The molecule has 0 atom stereocenters. The van der Waals surface area contributed by atoms with Gasteiger partial charge < -0.3 is 10.2 Å². The number of rotatable bonds is 7. The van der Waals surface area contributed by atoms with Crippen molar-refractivity contribution in [3.05, 3.63) is 30.2 Å². The number of carbonyl (C=O) groups is 1. The number of carboxylic acids is 1. The zero-order valence-electron chi connectivity index (χ0n) is 10.9. The van der Waals surface area contributed by atoms with Gasteiger partial charge in [0, 0.05) is 31.1 Å². The first-order valence-electron chi connectivity index (χ1n) is 6.42. The van der Waals surface area contributed by atoms with Crippen LogP contribution < -0.4 is 0 Å². The van der Waals surface area contributed by atoms with Gasteiger partial charge in [-0.3, -0.25) is 4.98 Å². The first kappa shape index (κ1) is 14.1. The van der Waals surface area contributed by atoms with Gasteiger partial charge in [0.2, 0.25) is 0 Å². The van der Waals surface area contributed by atoms with Crippen LogP contribution in [0.15, 0.2) is 24.5 Å². The van der Waals surface area contributed by atoms with Crippen molar-refractivity contribution in [2.45, 2.75) is 25.8 Å². The van der Waals surface area contributed by atoms with Crippen molar-refractivity contribution in [3.8, 4) is 11.3 Å². The van der Waals surface area contributed by atoms with E-state index >= 15 is 0 Å². The maximum Gasteiger partial charge on any atom is 0.358 e. The van der Waals surface area contributed by atoms with Crippen molar-refractivity contribution in [2.24, 2.45) is 0 Å². The number of aryl methyl sites for hydroxylation is 1. The molecule has 20 heavy (non-hydrogen) atoms. The highest BCUT2D eigenvalue weighted by Crippen LogP contribution is 2.21. The Labute approximate surface area is 115 Å². The van der Waals surface area contributed by atoms with E-state index in [2.05, 4.69) is 15.3 Å². The molecule has 0 bridgehead atoms. The molecule has 2 aromatic heterocycles. The Morgan fingerprint density at radius 3 is 2.80 bits per heavy atom. The summed E-state index contributed by atoms with van der Waals surface area (Å²) < 4.78 is 1.58. The first-order chi connectivity index (χ1) is 9.74. The third-order valence-electron chi connectivity index (χ3n) is 2.90. The minimum Gasteiger partial charge on any atom is -0.476 e. The highest BCUT2D eigenvalue weighted by atomic mass is 16.4. The molecule has 0 fully saturated rings. The minimum atomic E-state index is -1.11. The summed E-state index contributed by atoms with van der Waals surface area (Å²) >= 11 is 0. The van der Waals surface area contributed by atoms with Gasteiger partial charge in [-0.15, -0.1) is 5.10 Å². The van der Waals surface area contributed by atoms with E-state index in [1.165, 1.54) is 0 Å². The molecule has 0 aliphatic rings. The topological polar surface area (TPSA) is 101 Å². The molecule has 0 unspecified atom stereocenters. The number of aliphatic hydroxyl groups is 1. The molecule has 2 N–H and O–H groups in total. The van der Waals surface area contributed by atoms with Crippen LogP contribution in [0.1, 0.15) is 29.8 Å². The van der Waals surface area contributed by atoms with Crippen molar-refractivity contribution in [3.63, 3.8) is 0 Å². The second-order valence-corrected chi connectivity index (χ2v) is 4.34. The number of nitrogens with zero attached hydrogens (tertiary/aromatic N) is 4. The Hall–Kier alpha value is -2.28. The zero-order chi connectivity index (χ0) is 14.4. The van der Waals surface area contributed by atoms with E-state index in [4.69, 9.17) is 5.11 Å². The highest BCUT2D eigenvalue weighted by Gasteiger charge is 2.20. The number of pyridine rings is 1. The predicted octanol–water partition coefficient (Wildman–Crippen LogP) is 1.20. The molecular formula is C13H16N4O3. The lowest BCUT2D eigenvalue weighted by atomic mass is 10.1. The third kappa shape index (κ3) is 3.18. The predicted molar refractivity (Wildman–Crippen MR) is 71.1 cm³/mol. The van der Waals surface area contributed by atoms with E-state index in [0.29, 0.717) is 17.8 Å². The van der Waals surface area contributed by atoms with Crippen LogP contribution in [0.4, 0.5) is 0 Å². The van der Waals surface area contributed by atoms with Crippen molar-refractivity contribution in [1.82, 2.24) is 20.0 Å². The molecule has 0 aliphatic carbocycles. The van der Waals surface area contributed by atoms with Gasteiger partial charge in [-0.2, -0.15) is 0 Å². The molecule has 0 saturated heterocycles. The lowest BCUT2D eigenvalue weighted by molar-refractivity contribution is 0.0691. The minimum absolute atomic E-state index is 0.0693. The summed E-state index contributed by atoms with van der Waals surface area (Å²) in [5.74, 6) is -1.11. The van der Waals surface area contributed by atoms with Crippen LogP contribution in [0.2, 0.25) is 0 Å². The second-order valence-electron chi connectivity index (χ2n) is 4.34. The number of hydrogen-bond donors (Lipinski definition) is 2. The molecule has 2 aromatic rings. The molecule has 0 radical (unpaired) electrons. The van der Waals surface area contributed by atoms with Crippen molar-refractivity contribution in [1.29, 1.82) is 0 Å². The van der Waals surface area contributed by atoms with E-state index < -0.39 is 5.97 Å². The molecule has 106 valence electrons.